The van der Waals surface area contributed by atoms with E-state index in [4.69, 9.17) is 0 Å². The van der Waals surface area contributed by atoms with Crippen LogP contribution in [0.1, 0.15) is 27.0 Å². The van der Waals surface area contributed by atoms with Crippen LogP contribution >= 0.6 is 7.14 Å². The smallest absolute Gasteiger partial charge is 0.226 e. The first-order valence-electron chi connectivity index (χ1n) is 7.28. The maximum Gasteiger partial charge on any atom is 0.226 e. The van der Waals surface area contributed by atoms with E-state index in [1.807, 2.05) is 51.1 Å². The summed E-state index contributed by atoms with van der Waals surface area (Å²) in [6.45, 7) is 9.48. The van der Waals surface area contributed by atoms with E-state index >= 15 is 0 Å². The molecule has 2 nitrogen and oxygen atoms in total. The molecule has 0 heterocycles. The third-order valence-electron chi connectivity index (χ3n) is 3.78. The highest BCUT2D eigenvalue weighted by Crippen LogP contribution is 2.48. The van der Waals surface area contributed by atoms with E-state index in [1.54, 1.807) is 18.2 Å². The van der Waals surface area contributed by atoms with E-state index in [-0.39, 0.29) is 11.7 Å². The van der Waals surface area contributed by atoms with Crippen molar-refractivity contribution in [1.29, 1.82) is 0 Å². The predicted molar refractivity (Wildman–Crippen MR) is 93.7 cm³/mol. The molecule has 114 valence electrons. The first-order valence-corrected chi connectivity index (χ1v) is 9.17. The fourth-order valence-corrected chi connectivity index (χ4v) is 5.20. The summed E-state index contributed by atoms with van der Waals surface area (Å²) in [5.74, 6) is 0. The minimum atomic E-state index is -3.21. The van der Waals surface area contributed by atoms with Gasteiger partial charge in [-0.05, 0) is 31.9 Å². The van der Waals surface area contributed by atoms with Crippen molar-refractivity contribution in [2.75, 3.05) is 6.16 Å². The number of allylic oxidation sites excluding steroid dienone is 1. The van der Waals surface area contributed by atoms with Crippen molar-refractivity contribution < 1.29 is 9.36 Å². The molecule has 0 radical (unpaired) electrons. The van der Waals surface area contributed by atoms with Gasteiger partial charge in [0.2, 0.25) is 5.52 Å². The number of hydrogen-bond acceptors (Lipinski definition) is 2. The van der Waals surface area contributed by atoms with Crippen LogP contribution in [-0.4, -0.2) is 11.7 Å². The molecule has 0 aliphatic carbocycles. The van der Waals surface area contributed by atoms with Crippen molar-refractivity contribution in [2.24, 2.45) is 0 Å². The maximum absolute atomic E-state index is 13.5. The Kier molecular flexibility index (Phi) is 4.83. The molecule has 0 aliphatic rings. The second kappa shape index (κ2) is 6.46. The lowest BCUT2D eigenvalue weighted by Gasteiger charge is -2.19. The molecule has 0 saturated carbocycles. The average molecular weight is 312 g/mol. The second-order valence-corrected chi connectivity index (χ2v) is 8.39. The lowest BCUT2D eigenvalue weighted by Crippen LogP contribution is -2.17. The Morgan fingerprint density at radius 3 is 2.14 bits per heavy atom. The molecule has 0 amide bonds. The molecule has 0 N–H and O–H groups in total. The monoisotopic (exact) mass is 312 g/mol. The molecule has 2 aromatic carbocycles. The minimum absolute atomic E-state index is 0.183. The van der Waals surface area contributed by atoms with Crippen molar-refractivity contribution >= 4 is 18.0 Å². The summed E-state index contributed by atoms with van der Waals surface area (Å²) in [7, 11) is -3.21. The Bertz CT molecular complexity index is 737. The van der Waals surface area contributed by atoms with Gasteiger partial charge in [-0.2, -0.15) is 0 Å². The highest BCUT2D eigenvalue weighted by atomic mass is 31.2. The number of carbonyl (C=O) groups excluding carboxylic acids is 1. The highest BCUT2D eigenvalue weighted by Gasteiger charge is 2.34. The van der Waals surface area contributed by atoms with E-state index in [9.17, 15) is 9.36 Å². The highest BCUT2D eigenvalue weighted by molar-refractivity contribution is 7.87. The number of rotatable bonds is 5. The molecule has 22 heavy (non-hydrogen) atoms. The number of benzene rings is 2. The van der Waals surface area contributed by atoms with Crippen molar-refractivity contribution in [3.63, 3.8) is 0 Å². The molecule has 2 rings (SSSR count). The molecule has 0 spiro atoms. The van der Waals surface area contributed by atoms with Gasteiger partial charge in [-0.3, -0.25) is 4.79 Å². The van der Waals surface area contributed by atoms with E-state index in [1.165, 1.54) is 0 Å². The van der Waals surface area contributed by atoms with Gasteiger partial charge in [0.15, 0.2) is 7.14 Å². The number of hydrogen-bond donors (Lipinski definition) is 0. The normalized spacial score (nSPS) is 13.4. The van der Waals surface area contributed by atoms with Crippen LogP contribution in [0.5, 0.6) is 0 Å². The summed E-state index contributed by atoms with van der Waals surface area (Å²) in [5, 5.41) is 0.597. The molecule has 0 fully saturated rings. The van der Waals surface area contributed by atoms with E-state index in [0.29, 0.717) is 10.9 Å². The summed E-state index contributed by atoms with van der Waals surface area (Å²) >= 11 is 0. The van der Waals surface area contributed by atoms with E-state index in [0.717, 1.165) is 16.7 Å². The van der Waals surface area contributed by atoms with Crippen molar-refractivity contribution in [2.45, 2.75) is 20.8 Å². The largest absolute Gasteiger partial charge is 0.310 e. The van der Waals surface area contributed by atoms with Gasteiger partial charge in [-0.1, -0.05) is 54.1 Å². The Balaban J connectivity index is 2.63. The molecule has 2 aromatic rings. The van der Waals surface area contributed by atoms with E-state index in [2.05, 4.69) is 6.58 Å². The van der Waals surface area contributed by atoms with Crippen molar-refractivity contribution in [3.05, 3.63) is 77.4 Å². The number of aryl methyl sites for hydroxylation is 3. The van der Waals surface area contributed by atoms with Crippen LogP contribution in [0, 0.1) is 20.8 Å². The molecule has 1 atom stereocenters. The zero-order valence-electron chi connectivity index (χ0n) is 13.3. The molecule has 0 bridgehead atoms. The second-order valence-electron chi connectivity index (χ2n) is 5.63. The molecule has 3 heteroatoms. The third kappa shape index (κ3) is 2.98. The quantitative estimate of drug-likeness (QED) is 0.596. The van der Waals surface area contributed by atoms with Gasteiger partial charge in [0.1, 0.15) is 0 Å². The molecule has 1 unspecified atom stereocenters. The van der Waals surface area contributed by atoms with E-state index < -0.39 is 7.14 Å². The Morgan fingerprint density at radius 2 is 1.64 bits per heavy atom. The van der Waals surface area contributed by atoms with Crippen molar-refractivity contribution in [1.82, 2.24) is 0 Å². The van der Waals surface area contributed by atoms with Gasteiger partial charge < -0.3 is 4.57 Å². The standard InChI is InChI=1S/C19H21O2P/c1-5-11-22(21,17-9-7-6-8-10-17)19(20)18-15(3)12-14(2)13-16(18)4/h5-10,12-13H,1,11H2,2-4H3. The average Bonchev–Trinajstić information content (AvgIpc) is 2.47. The van der Waals surface area contributed by atoms with Gasteiger partial charge in [-0.15, -0.1) is 6.58 Å². The van der Waals surface area contributed by atoms with Gasteiger partial charge in [-0.25, -0.2) is 0 Å². The summed E-state index contributed by atoms with van der Waals surface area (Å²) in [4.78, 5) is 13.1. The molecular weight excluding hydrogens is 291 g/mol. The SMILES string of the molecule is C=CCP(=O)(C(=O)c1c(C)cc(C)cc1C)c1ccccc1. The van der Waals surface area contributed by atoms with Crippen LogP contribution in [0.15, 0.2) is 55.1 Å². The van der Waals surface area contributed by atoms with Crippen LogP contribution in [0.3, 0.4) is 0 Å². The third-order valence-corrected chi connectivity index (χ3v) is 6.56. The zero-order valence-corrected chi connectivity index (χ0v) is 14.2. The molecule has 0 saturated heterocycles. The topological polar surface area (TPSA) is 34.1 Å². The van der Waals surface area contributed by atoms with Gasteiger partial charge in [0.25, 0.3) is 0 Å². The maximum atomic E-state index is 13.5. The Hall–Kier alpha value is -1.92. The fraction of sp³-hybridized carbons (Fsp3) is 0.211. The molecule has 0 aromatic heterocycles. The predicted octanol–water partition coefficient (Wildman–Crippen LogP) is 4.63. The number of carbonyl (C=O) groups is 1. The Morgan fingerprint density at radius 1 is 1.09 bits per heavy atom. The summed E-state index contributed by atoms with van der Waals surface area (Å²) in [6.07, 6.45) is 1.76. The Labute approximate surface area is 132 Å². The summed E-state index contributed by atoms with van der Waals surface area (Å²) in [5.41, 5.74) is 3.17. The van der Waals surface area contributed by atoms with Crippen LogP contribution in [-0.2, 0) is 4.57 Å². The summed E-state index contributed by atoms with van der Waals surface area (Å²) in [6, 6.07) is 12.9. The van der Waals surface area contributed by atoms with Crippen LogP contribution in [0.4, 0.5) is 0 Å². The zero-order chi connectivity index (χ0) is 16.3. The van der Waals surface area contributed by atoms with Gasteiger partial charge in [0.05, 0.1) is 0 Å². The first-order chi connectivity index (χ1) is 10.4. The molecular formula is C19H21O2P. The lowest BCUT2D eigenvalue weighted by molar-refractivity contribution is 0.107. The lowest BCUT2D eigenvalue weighted by atomic mass is 10.0. The summed E-state index contributed by atoms with van der Waals surface area (Å²) < 4.78 is 13.5. The molecule has 0 aliphatic heterocycles. The van der Waals surface area contributed by atoms with Crippen molar-refractivity contribution in [3.8, 4) is 0 Å². The van der Waals surface area contributed by atoms with Gasteiger partial charge in [0, 0.05) is 17.0 Å². The van der Waals surface area contributed by atoms with Gasteiger partial charge >= 0.3 is 0 Å². The van der Waals surface area contributed by atoms with Crippen LogP contribution < -0.4 is 5.30 Å². The first kappa shape index (κ1) is 16.5. The minimum Gasteiger partial charge on any atom is -0.310 e. The van der Waals surface area contributed by atoms with Crippen LogP contribution in [0.2, 0.25) is 0 Å². The van der Waals surface area contributed by atoms with Crippen LogP contribution in [0.25, 0.3) is 0 Å². The fourth-order valence-electron chi connectivity index (χ4n) is 2.85.